The molecule has 336 valence electrons. The van der Waals surface area contributed by atoms with Crippen molar-refractivity contribution in [2.24, 2.45) is 0 Å². The molecule has 61 heavy (non-hydrogen) atoms. The summed E-state index contributed by atoms with van der Waals surface area (Å²) < 4.78 is 8.39. The van der Waals surface area contributed by atoms with Crippen LogP contribution in [0.15, 0.2) is 60.7 Å². The third-order valence-corrected chi connectivity index (χ3v) is 11.2. The smallest absolute Gasteiger partial charge is 0.407 e. The van der Waals surface area contributed by atoms with E-state index in [4.69, 9.17) is 0 Å². The minimum Gasteiger partial charge on any atom is -0.453 e. The zero-order valence-corrected chi connectivity index (χ0v) is 38.2. The molecule has 2 saturated heterocycles. The van der Waals surface area contributed by atoms with E-state index in [1.807, 2.05) is 4.90 Å². The summed E-state index contributed by atoms with van der Waals surface area (Å²) in [6.07, 6.45) is 11.5. The number of aldehydes is 1. The Morgan fingerprint density at radius 3 is 1.62 bits per heavy atom. The number of fused-ring (bicyclic) bond motifs is 5. The fourth-order valence-corrected chi connectivity index (χ4v) is 8.57. The molecule has 0 radical (unpaired) electrons. The normalized spacial score (nSPS) is 19.2. The Hall–Kier alpha value is -4.94. The van der Waals surface area contributed by atoms with E-state index < -0.39 is 6.09 Å². The van der Waals surface area contributed by atoms with Crippen LogP contribution in [0.3, 0.4) is 0 Å². The minimum atomic E-state index is -0.586. The molecule has 3 amide bonds. The quantitative estimate of drug-likeness (QED) is 0.125. The molecule has 3 aromatic carbocycles. The summed E-state index contributed by atoms with van der Waals surface area (Å²) in [7, 11) is 6.72. The predicted octanol–water partition coefficient (Wildman–Crippen LogP) is 8.68. The third kappa shape index (κ3) is 15.2. The van der Waals surface area contributed by atoms with E-state index in [0.29, 0.717) is 37.1 Å². The van der Waals surface area contributed by atoms with Crippen LogP contribution in [-0.4, -0.2) is 114 Å². The largest absolute Gasteiger partial charge is 0.453 e. The molecule has 7 rings (SSSR count). The van der Waals surface area contributed by atoms with Gasteiger partial charge in [-0.15, -0.1) is 0 Å². The highest BCUT2D eigenvalue weighted by Crippen LogP contribution is 2.58. The summed E-state index contributed by atoms with van der Waals surface area (Å²) in [5.74, 6) is 1.32. The zero-order valence-electron chi connectivity index (χ0n) is 38.2. The van der Waals surface area contributed by atoms with E-state index in [1.165, 1.54) is 86.5 Å². The number of likely N-dealkylation sites (tertiary alicyclic amines) is 2. The van der Waals surface area contributed by atoms with Gasteiger partial charge in [0.2, 0.25) is 12.3 Å². The number of ether oxygens (including phenoxy) is 2. The van der Waals surface area contributed by atoms with Crippen LogP contribution in [0.5, 0.6) is 0 Å². The predicted molar refractivity (Wildman–Crippen MR) is 249 cm³/mol. The Labute approximate surface area is 365 Å². The Morgan fingerprint density at radius 1 is 0.705 bits per heavy atom. The molecule has 2 aliphatic carbocycles. The number of rotatable bonds is 13. The van der Waals surface area contributed by atoms with Gasteiger partial charge in [-0.25, -0.2) is 4.79 Å². The number of amides is 3. The number of nitrogens with zero attached hydrogens (tertiary/aromatic N) is 2. The van der Waals surface area contributed by atoms with E-state index in [0.717, 1.165) is 31.6 Å². The molecule has 0 aromatic heterocycles. The molecule has 12 nitrogen and oxygen atoms in total. The van der Waals surface area contributed by atoms with Gasteiger partial charge < -0.3 is 45.3 Å². The second kappa shape index (κ2) is 27.8. The van der Waals surface area contributed by atoms with Crippen LogP contribution in [0.1, 0.15) is 108 Å². The van der Waals surface area contributed by atoms with Gasteiger partial charge in [0.25, 0.3) is 0 Å². The number of methoxy groups -OCH3 is 2. The van der Waals surface area contributed by atoms with E-state index in [9.17, 15) is 19.2 Å². The lowest BCUT2D eigenvalue weighted by molar-refractivity contribution is -0.131. The molecule has 0 spiro atoms. The number of likely N-dealkylation sites (N-methyl/N-ethyl adjacent to an activating group) is 1. The maximum Gasteiger partial charge on any atom is 0.407 e. The SMILES string of the molecule is CCC.CCC.CN1CCC[C@H]1CNc1ccc(-c2ccc(-c3ccc(NC[C@@H]4CCCN4C(=O)CNC=O)cc3)c3c2C2CCC3C2)cc1.COC.COC(=O)NCC=O. The monoisotopic (exact) mass is 843 g/mol. The fourth-order valence-electron chi connectivity index (χ4n) is 8.57. The molecular formula is C49H74N6O6. The zero-order chi connectivity index (χ0) is 44.6. The highest BCUT2D eigenvalue weighted by molar-refractivity contribution is 5.82. The molecule has 2 unspecified atom stereocenters. The first-order chi connectivity index (χ1) is 29.6. The van der Waals surface area contributed by atoms with Crippen molar-refractivity contribution in [1.29, 1.82) is 0 Å². The van der Waals surface area contributed by atoms with Crippen LogP contribution in [0, 0.1) is 0 Å². The van der Waals surface area contributed by atoms with E-state index in [2.05, 4.69) is 131 Å². The molecule has 2 bridgehead atoms. The Morgan fingerprint density at radius 2 is 1.18 bits per heavy atom. The van der Waals surface area contributed by atoms with Gasteiger partial charge in [-0.3, -0.25) is 9.59 Å². The van der Waals surface area contributed by atoms with Crippen molar-refractivity contribution in [2.75, 3.05) is 78.3 Å². The van der Waals surface area contributed by atoms with Gasteiger partial charge in [0, 0.05) is 57.3 Å². The van der Waals surface area contributed by atoms with E-state index >= 15 is 0 Å². The van der Waals surface area contributed by atoms with Crippen molar-refractivity contribution in [3.8, 4) is 22.3 Å². The van der Waals surface area contributed by atoms with Crippen molar-refractivity contribution >= 4 is 36.1 Å². The van der Waals surface area contributed by atoms with Gasteiger partial charge in [0.15, 0.2) is 0 Å². The van der Waals surface area contributed by atoms with Crippen LogP contribution < -0.4 is 21.3 Å². The highest BCUT2D eigenvalue weighted by Gasteiger charge is 2.40. The van der Waals surface area contributed by atoms with Gasteiger partial charge in [0.1, 0.15) is 6.29 Å². The Kier molecular flexibility index (Phi) is 23.0. The van der Waals surface area contributed by atoms with Crippen molar-refractivity contribution in [3.05, 3.63) is 71.8 Å². The van der Waals surface area contributed by atoms with Crippen molar-refractivity contribution < 1.29 is 28.7 Å². The fraction of sp³-hybridized carbons (Fsp3) is 0.551. The number of carbonyl (C=O) groups is 4. The van der Waals surface area contributed by atoms with E-state index in [-0.39, 0.29) is 25.0 Å². The lowest BCUT2D eigenvalue weighted by Gasteiger charge is -2.25. The second-order valence-corrected chi connectivity index (χ2v) is 16.1. The molecule has 4 N–H and O–H groups in total. The number of hydrogen-bond donors (Lipinski definition) is 4. The third-order valence-electron chi connectivity index (χ3n) is 11.2. The summed E-state index contributed by atoms with van der Waals surface area (Å²) in [5.41, 5.74) is 10.8. The maximum absolute atomic E-state index is 12.5. The molecule has 1 saturated carbocycles. The van der Waals surface area contributed by atoms with Gasteiger partial charge in [-0.05, 0) is 128 Å². The van der Waals surface area contributed by atoms with Crippen molar-refractivity contribution in [3.63, 3.8) is 0 Å². The molecule has 3 aromatic rings. The minimum absolute atomic E-state index is 0.00662. The molecule has 4 atom stereocenters. The molecule has 12 heteroatoms. The Balaban J connectivity index is 0.000000500. The number of alkyl carbamates (subject to hydrolysis) is 1. The summed E-state index contributed by atoms with van der Waals surface area (Å²) in [5, 5.41) is 11.9. The summed E-state index contributed by atoms with van der Waals surface area (Å²) in [4.78, 5) is 47.1. The molecule has 4 aliphatic rings. The average Bonchev–Trinajstić information content (AvgIpc) is 4.11. The van der Waals surface area contributed by atoms with Gasteiger partial charge in [0.05, 0.1) is 20.2 Å². The first-order valence-corrected chi connectivity index (χ1v) is 22.3. The highest BCUT2D eigenvalue weighted by atomic mass is 16.5. The number of anilines is 2. The van der Waals surface area contributed by atoms with Gasteiger partial charge in [-0.1, -0.05) is 76.9 Å². The number of hydrogen-bond acceptors (Lipinski definition) is 9. The number of nitrogens with one attached hydrogen (secondary N) is 4. The summed E-state index contributed by atoms with van der Waals surface area (Å²) >= 11 is 0. The van der Waals surface area contributed by atoms with Crippen molar-refractivity contribution in [1.82, 2.24) is 20.4 Å². The summed E-state index contributed by atoms with van der Waals surface area (Å²) in [6, 6.07) is 23.5. The summed E-state index contributed by atoms with van der Waals surface area (Å²) in [6.45, 7) is 12.3. The molecule has 3 fully saturated rings. The molecule has 2 aliphatic heterocycles. The topological polar surface area (TPSA) is 141 Å². The number of benzene rings is 3. The van der Waals surface area contributed by atoms with Crippen LogP contribution in [-0.2, 0) is 23.9 Å². The molecule has 2 heterocycles. The second-order valence-electron chi connectivity index (χ2n) is 16.1. The average molecular weight is 843 g/mol. The van der Waals surface area contributed by atoms with Gasteiger partial charge >= 0.3 is 6.09 Å². The van der Waals surface area contributed by atoms with Crippen molar-refractivity contribution in [2.45, 2.75) is 109 Å². The van der Waals surface area contributed by atoms with E-state index in [1.54, 1.807) is 25.3 Å². The first-order valence-electron chi connectivity index (χ1n) is 22.3. The Bertz CT molecular complexity index is 1750. The lowest BCUT2D eigenvalue weighted by atomic mass is 9.81. The van der Waals surface area contributed by atoms with Gasteiger partial charge in [-0.2, -0.15) is 0 Å². The van der Waals surface area contributed by atoms with Crippen LogP contribution >= 0.6 is 0 Å². The first kappa shape index (κ1) is 50.4. The van der Waals surface area contributed by atoms with Crippen LogP contribution in [0.4, 0.5) is 16.2 Å². The standard InChI is InChI=1S/C37H45N5O2.C4H7NO3.2C3H8.C2H6O/c1-41-18-2-4-31(41)21-39-29-12-8-25(9-13-29)33-16-17-34(37-28-7-6-27(20-28)36(33)37)26-10-14-30(15-11-26)40-22-32-5-3-19-42(32)35(44)23-38-24-43;1-8-4(7)5-2-3-6;3*1-3-2/h8-17,24,27-28,31-32,39-40H,2-7,18-23H2,1H3,(H,38,43);3H,2H2,1H3,(H,5,7);2*3H2,1-2H3;1-2H3/t27?,28?,31-,32-;;;;/m0..../s1. The van der Waals surface area contributed by atoms with Crippen LogP contribution in [0.2, 0.25) is 0 Å². The lowest BCUT2D eigenvalue weighted by Crippen LogP contribution is -2.43. The van der Waals surface area contributed by atoms with Crippen LogP contribution in [0.25, 0.3) is 22.3 Å². The molecular weight excluding hydrogens is 769 g/mol. The maximum atomic E-state index is 12.5. The number of carbonyl (C=O) groups excluding carboxylic acids is 4.